The molecular formula is C13H14BrNO2. The van der Waals surface area contributed by atoms with Gasteiger partial charge in [-0.05, 0) is 29.7 Å². The molecule has 90 valence electrons. The summed E-state index contributed by atoms with van der Waals surface area (Å²) in [6.07, 6.45) is 1.61. The summed E-state index contributed by atoms with van der Waals surface area (Å²) in [5.41, 5.74) is 1.18. The fourth-order valence-electron chi connectivity index (χ4n) is 1.57. The third kappa shape index (κ3) is 3.09. The van der Waals surface area contributed by atoms with E-state index >= 15 is 0 Å². The Morgan fingerprint density at radius 2 is 2.18 bits per heavy atom. The number of nitrogens with zero attached hydrogens (tertiary/aromatic N) is 1. The van der Waals surface area contributed by atoms with E-state index in [1.165, 1.54) is 5.56 Å². The first-order valence-corrected chi connectivity index (χ1v) is 6.28. The molecule has 1 aromatic heterocycles. The van der Waals surface area contributed by atoms with Crippen molar-refractivity contribution in [1.82, 2.24) is 5.16 Å². The van der Waals surface area contributed by atoms with E-state index < -0.39 is 0 Å². The van der Waals surface area contributed by atoms with Crippen LogP contribution < -0.4 is 4.74 Å². The maximum Gasteiger partial charge on any atom is 0.174 e. The van der Waals surface area contributed by atoms with Crippen LogP contribution in [0.2, 0.25) is 0 Å². The van der Waals surface area contributed by atoms with Crippen LogP contribution in [0.25, 0.3) is 0 Å². The molecular weight excluding hydrogens is 282 g/mol. The number of hydrogen-bond donors (Lipinski definition) is 0. The molecule has 17 heavy (non-hydrogen) atoms. The smallest absolute Gasteiger partial charge is 0.174 e. The van der Waals surface area contributed by atoms with E-state index in [1.54, 1.807) is 12.3 Å². The fourth-order valence-corrected chi connectivity index (χ4v) is 1.95. The first-order valence-electron chi connectivity index (χ1n) is 5.48. The topological polar surface area (TPSA) is 35.3 Å². The number of halogens is 1. The molecule has 2 rings (SSSR count). The molecule has 2 aromatic rings. The highest BCUT2D eigenvalue weighted by Crippen LogP contribution is 2.30. The molecule has 0 fully saturated rings. The maximum atomic E-state index is 5.74. The Morgan fingerprint density at radius 3 is 2.82 bits per heavy atom. The van der Waals surface area contributed by atoms with E-state index in [-0.39, 0.29) is 0 Å². The van der Waals surface area contributed by atoms with E-state index in [0.717, 1.165) is 16.0 Å². The average Bonchev–Trinajstić information content (AvgIpc) is 2.80. The van der Waals surface area contributed by atoms with Gasteiger partial charge in [0, 0.05) is 10.5 Å². The highest BCUT2D eigenvalue weighted by molar-refractivity contribution is 9.10. The van der Waals surface area contributed by atoms with Crippen LogP contribution in [-0.4, -0.2) is 5.16 Å². The second kappa shape index (κ2) is 5.36. The van der Waals surface area contributed by atoms with Crippen LogP contribution in [0.4, 0.5) is 0 Å². The SMILES string of the molecule is CC(C)c1cc(Br)ccc1OCc1ccno1. The van der Waals surface area contributed by atoms with Gasteiger partial charge in [0.2, 0.25) is 0 Å². The lowest BCUT2D eigenvalue weighted by Crippen LogP contribution is -1.99. The molecule has 0 radical (unpaired) electrons. The van der Waals surface area contributed by atoms with Gasteiger partial charge >= 0.3 is 0 Å². The summed E-state index contributed by atoms with van der Waals surface area (Å²) in [6, 6.07) is 7.83. The number of aromatic nitrogens is 1. The van der Waals surface area contributed by atoms with E-state index in [9.17, 15) is 0 Å². The van der Waals surface area contributed by atoms with Gasteiger partial charge in [0.15, 0.2) is 5.76 Å². The van der Waals surface area contributed by atoms with Crippen molar-refractivity contribution in [3.05, 3.63) is 46.3 Å². The highest BCUT2D eigenvalue weighted by atomic mass is 79.9. The Hall–Kier alpha value is -1.29. The van der Waals surface area contributed by atoms with Crippen molar-refractivity contribution in [3.63, 3.8) is 0 Å². The molecule has 0 unspecified atom stereocenters. The van der Waals surface area contributed by atoms with Crippen molar-refractivity contribution in [2.45, 2.75) is 26.4 Å². The largest absolute Gasteiger partial charge is 0.485 e. The van der Waals surface area contributed by atoms with Gasteiger partial charge in [-0.2, -0.15) is 0 Å². The minimum Gasteiger partial charge on any atom is -0.485 e. The van der Waals surface area contributed by atoms with Crippen molar-refractivity contribution in [2.24, 2.45) is 0 Å². The van der Waals surface area contributed by atoms with E-state index in [1.807, 2.05) is 12.1 Å². The summed E-state index contributed by atoms with van der Waals surface area (Å²) in [5, 5.41) is 3.64. The van der Waals surface area contributed by atoms with Gasteiger partial charge in [-0.1, -0.05) is 34.9 Å². The van der Waals surface area contributed by atoms with Crippen LogP contribution in [0.3, 0.4) is 0 Å². The monoisotopic (exact) mass is 295 g/mol. The standard InChI is InChI=1S/C13H14BrNO2/c1-9(2)12-7-10(14)3-4-13(12)16-8-11-5-6-15-17-11/h3-7,9H,8H2,1-2H3. The third-order valence-corrected chi connectivity index (χ3v) is 2.95. The second-order valence-electron chi connectivity index (χ2n) is 4.10. The van der Waals surface area contributed by atoms with E-state index in [0.29, 0.717) is 12.5 Å². The summed E-state index contributed by atoms with van der Waals surface area (Å²) in [4.78, 5) is 0. The van der Waals surface area contributed by atoms with Gasteiger partial charge in [0.05, 0.1) is 6.20 Å². The first-order chi connectivity index (χ1) is 8.16. The molecule has 3 nitrogen and oxygen atoms in total. The molecule has 0 atom stereocenters. The van der Waals surface area contributed by atoms with Gasteiger partial charge < -0.3 is 9.26 Å². The molecule has 0 amide bonds. The van der Waals surface area contributed by atoms with Crippen molar-refractivity contribution < 1.29 is 9.26 Å². The van der Waals surface area contributed by atoms with Crippen LogP contribution >= 0.6 is 15.9 Å². The maximum absolute atomic E-state index is 5.74. The minimum absolute atomic E-state index is 0.404. The zero-order valence-corrected chi connectivity index (χ0v) is 11.4. The Bertz CT molecular complexity index is 480. The predicted molar refractivity (Wildman–Crippen MR) is 69.1 cm³/mol. The van der Waals surface area contributed by atoms with Crippen LogP contribution in [0.15, 0.2) is 39.5 Å². The number of ether oxygens (including phenoxy) is 1. The van der Waals surface area contributed by atoms with Gasteiger partial charge in [-0.15, -0.1) is 0 Å². The molecule has 0 bridgehead atoms. The number of rotatable bonds is 4. The number of hydrogen-bond acceptors (Lipinski definition) is 3. The van der Waals surface area contributed by atoms with Gasteiger partial charge in [0.1, 0.15) is 12.4 Å². The van der Waals surface area contributed by atoms with Crippen LogP contribution in [-0.2, 0) is 6.61 Å². The molecule has 0 N–H and O–H groups in total. The normalized spacial score (nSPS) is 10.8. The van der Waals surface area contributed by atoms with Gasteiger partial charge in [-0.25, -0.2) is 0 Å². The molecule has 0 aliphatic carbocycles. The summed E-state index contributed by atoms with van der Waals surface area (Å²) < 4.78 is 11.8. The first kappa shape index (κ1) is 12.2. The molecule has 1 heterocycles. The van der Waals surface area contributed by atoms with Crippen molar-refractivity contribution in [2.75, 3.05) is 0 Å². The molecule has 0 saturated carbocycles. The summed E-state index contributed by atoms with van der Waals surface area (Å²) in [6.45, 7) is 4.69. The Labute approximate surface area is 109 Å². The predicted octanol–water partition coefficient (Wildman–Crippen LogP) is 4.14. The Morgan fingerprint density at radius 1 is 1.35 bits per heavy atom. The van der Waals surface area contributed by atoms with E-state index in [4.69, 9.17) is 9.26 Å². The fraction of sp³-hybridized carbons (Fsp3) is 0.308. The molecule has 0 spiro atoms. The molecule has 0 aliphatic rings. The summed E-state index contributed by atoms with van der Waals surface area (Å²) >= 11 is 3.47. The lowest BCUT2D eigenvalue weighted by Gasteiger charge is -2.13. The Kier molecular flexibility index (Phi) is 3.84. The van der Waals surface area contributed by atoms with Crippen LogP contribution in [0.1, 0.15) is 31.1 Å². The molecule has 0 saturated heterocycles. The van der Waals surface area contributed by atoms with Crippen molar-refractivity contribution in [1.29, 1.82) is 0 Å². The van der Waals surface area contributed by atoms with Crippen molar-refractivity contribution in [3.8, 4) is 5.75 Å². The number of benzene rings is 1. The van der Waals surface area contributed by atoms with Crippen LogP contribution in [0.5, 0.6) is 5.75 Å². The van der Waals surface area contributed by atoms with Crippen molar-refractivity contribution >= 4 is 15.9 Å². The summed E-state index contributed by atoms with van der Waals surface area (Å²) in [5.74, 6) is 2.03. The average molecular weight is 296 g/mol. The zero-order chi connectivity index (χ0) is 12.3. The molecule has 4 heteroatoms. The zero-order valence-electron chi connectivity index (χ0n) is 9.81. The molecule has 0 aliphatic heterocycles. The van der Waals surface area contributed by atoms with Gasteiger partial charge in [0.25, 0.3) is 0 Å². The lowest BCUT2D eigenvalue weighted by molar-refractivity contribution is 0.246. The third-order valence-electron chi connectivity index (χ3n) is 2.46. The lowest BCUT2D eigenvalue weighted by atomic mass is 10.0. The Balaban J connectivity index is 2.14. The molecule has 1 aromatic carbocycles. The van der Waals surface area contributed by atoms with E-state index in [2.05, 4.69) is 41.0 Å². The highest BCUT2D eigenvalue weighted by Gasteiger charge is 2.09. The minimum atomic E-state index is 0.404. The second-order valence-corrected chi connectivity index (χ2v) is 5.02. The summed E-state index contributed by atoms with van der Waals surface area (Å²) in [7, 11) is 0. The van der Waals surface area contributed by atoms with Crippen LogP contribution in [0, 0.1) is 0 Å². The van der Waals surface area contributed by atoms with Gasteiger partial charge in [-0.3, -0.25) is 0 Å². The quantitative estimate of drug-likeness (QED) is 0.850.